The molecule has 0 spiro atoms. The Labute approximate surface area is 149 Å². The molecule has 4 nitrogen and oxygen atoms in total. The van der Waals surface area contributed by atoms with Gasteiger partial charge in [0.1, 0.15) is 5.82 Å². The molecule has 0 bridgehead atoms. The molecule has 2 aromatic carbocycles. The van der Waals surface area contributed by atoms with Crippen molar-refractivity contribution in [2.45, 2.75) is 4.90 Å². The van der Waals surface area contributed by atoms with E-state index in [1.165, 1.54) is 17.0 Å². The van der Waals surface area contributed by atoms with Crippen LogP contribution >= 0.6 is 23.4 Å². The number of benzene rings is 2. The molecular weight excluding hydrogens is 351 g/mol. The van der Waals surface area contributed by atoms with Crippen LogP contribution in [0, 0.1) is 5.82 Å². The highest BCUT2D eigenvalue weighted by molar-refractivity contribution is 8.00. The second-order valence-electron chi connectivity index (χ2n) is 5.16. The van der Waals surface area contributed by atoms with E-state index in [-0.39, 0.29) is 23.4 Å². The monoisotopic (exact) mass is 366 g/mol. The lowest BCUT2D eigenvalue weighted by atomic mass is 10.2. The molecule has 0 atom stereocenters. The summed E-state index contributed by atoms with van der Waals surface area (Å²) in [7, 11) is 3.28. The van der Waals surface area contributed by atoms with Crippen molar-refractivity contribution >= 4 is 40.9 Å². The van der Waals surface area contributed by atoms with E-state index in [4.69, 9.17) is 11.6 Å². The van der Waals surface area contributed by atoms with E-state index in [1.54, 1.807) is 44.4 Å². The van der Waals surface area contributed by atoms with Crippen LogP contribution in [0.5, 0.6) is 0 Å². The summed E-state index contributed by atoms with van der Waals surface area (Å²) in [4.78, 5) is 25.9. The molecule has 0 radical (unpaired) electrons. The van der Waals surface area contributed by atoms with Gasteiger partial charge in [-0.15, -0.1) is 11.8 Å². The van der Waals surface area contributed by atoms with E-state index in [0.29, 0.717) is 21.2 Å². The summed E-state index contributed by atoms with van der Waals surface area (Å²) in [6.07, 6.45) is 0. The molecule has 0 unspecified atom stereocenters. The Balaban J connectivity index is 2.04. The molecule has 2 aromatic rings. The lowest BCUT2D eigenvalue weighted by Crippen LogP contribution is -2.22. The van der Waals surface area contributed by atoms with Gasteiger partial charge in [-0.05, 0) is 30.3 Å². The van der Waals surface area contributed by atoms with Crippen molar-refractivity contribution in [3.05, 3.63) is 58.9 Å². The molecule has 2 amide bonds. The maximum Gasteiger partial charge on any atom is 0.253 e. The van der Waals surface area contributed by atoms with Gasteiger partial charge < -0.3 is 10.2 Å². The molecule has 0 heterocycles. The Hall–Kier alpha value is -2.05. The van der Waals surface area contributed by atoms with E-state index >= 15 is 0 Å². The fraction of sp³-hybridized carbons (Fsp3) is 0.176. The topological polar surface area (TPSA) is 49.4 Å². The number of halogens is 2. The molecule has 2 rings (SSSR count). The standard InChI is InChI=1S/C17H16ClFN2O2S/c1-21(2)17(23)11-7-8-12(18)14(9-11)20-16(22)10-24-15-6-4-3-5-13(15)19/h3-9H,10H2,1-2H3,(H,20,22). The smallest absolute Gasteiger partial charge is 0.253 e. The molecule has 1 N–H and O–H groups in total. The van der Waals surface area contributed by atoms with Crippen LogP contribution in [0.3, 0.4) is 0 Å². The molecule has 0 aliphatic heterocycles. The maximum absolute atomic E-state index is 13.5. The first-order chi connectivity index (χ1) is 11.4. The number of hydrogen-bond acceptors (Lipinski definition) is 3. The molecule has 0 fully saturated rings. The molecule has 24 heavy (non-hydrogen) atoms. The molecule has 7 heteroatoms. The molecule has 0 aliphatic rings. The van der Waals surface area contributed by atoms with E-state index in [0.717, 1.165) is 11.8 Å². The number of amides is 2. The second kappa shape index (κ2) is 8.17. The first-order valence-corrected chi connectivity index (χ1v) is 8.43. The second-order valence-corrected chi connectivity index (χ2v) is 6.59. The van der Waals surface area contributed by atoms with Crippen molar-refractivity contribution in [2.24, 2.45) is 0 Å². The van der Waals surface area contributed by atoms with Crippen LogP contribution in [0.2, 0.25) is 5.02 Å². The van der Waals surface area contributed by atoms with Crippen molar-refractivity contribution in [3.63, 3.8) is 0 Å². The zero-order valence-corrected chi connectivity index (χ0v) is 14.7. The van der Waals surface area contributed by atoms with Gasteiger partial charge in [0.25, 0.3) is 5.91 Å². The Bertz CT molecular complexity index is 768. The van der Waals surface area contributed by atoms with Gasteiger partial charge in [0, 0.05) is 24.6 Å². The van der Waals surface area contributed by atoms with Gasteiger partial charge in [-0.2, -0.15) is 0 Å². The summed E-state index contributed by atoms with van der Waals surface area (Å²) in [6.45, 7) is 0. The van der Waals surface area contributed by atoms with Gasteiger partial charge in [-0.1, -0.05) is 23.7 Å². The molecule has 0 saturated carbocycles. The largest absolute Gasteiger partial charge is 0.345 e. The van der Waals surface area contributed by atoms with Crippen molar-refractivity contribution < 1.29 is 14.0 Å². The fourth-order valence-corrected chi connectivity index (χ4v) is 2.81. The Morgan fingerprint density at radius 2 is 1.92 bits per heavy atom. The quantitative estimate of drug-likeness (QED) is 0.816. The van der Waals surface area contributed by atoms with Crippen LogP contribution in [0.4, 0.5) is 10.1 Å². The summed E-state index contributed by atoms with van der Waals surface area (Å²) < 4.78 is 13.5. The van der Waals surface area contributed by atoms with Crippen LogP contribution in [0.15, 0.2) is 47.4 Å². The number of nitrogens with one attached hydrogen (secondary N) is 1. The SMILES string of the molecule is CN(C)C(=O)c1ccc(Cl)c(NC(=O)CSc2ccccc2F)c1. The van der Waals surface area contributed by atoms with Gasteiger partial charge in [0.2, 0.25) is 5.91 Å². The van der Waals surface area contributed by atoms with Crippen molar-refractivity contribution in [1.82, 2.24) is 4.90 Å². The van der Waals surface area contributed by atoms with Gasteiger partial charge >= 0.3 is 0 Å². The van der Waals surface area contributed by atoms with Crippen LogP contribution < -0.4 is 5.32 Å². The third-order valence-corrected chi connectivity index (χ3v) is 4.47. The molecule has 0 aliphatic carbocycles. The first-order valence-electron chi connectivity index (χ1n) is 7.07. The summed E-state index contributed by atoms with van der Waals surface area (Å²) in [5, 5.41) is 2.98. The third-order valence-electron chi connectivity index (χ3n) is 3.09. The number of anilines is 1. The third kappa shape index (κ3) is 4.72. The van der Waals surface area contributed by atoms with Crippen molar-refractivity contribution in [1.29, 1.82) is 0 Å². The zero-order chi connectivity index (χ0) is 17.7. The average molecular weight is 367 g/mol. The van der Waals surface area contributed by atoms with Crippen LogP contribution in [-0.2, 0) is 4.79 Å². The summed E-state index contributed by atoms with van der Waals surface area (Å²) in [5.74, 6) is -0.863. The minimum atomic E-state index is -0.369. The average Bonchev–Trinajstić information content (AvgIpc) is 2.55. The number of hydrogen-bond donors (Lipinski definition) is 1. The van der Waals surface area contributed by atoms with Crippen LogP contribution in [0.1, 0.15) is 10.4 Å². The Kier molecular flexibility index (Phi) is 6.23. The Morgan fingerprint density at radius 3 is 2.58 bits per heavy atom. The van der Waals surface area contributed by atoms with Crippen molar-refractivity contribution in [2.75, 3.05) is 25.2 Å². The van der Waals surface area contributed by atoms with Crippen molar-refractivity contribution in [3.8, 4) is 0 Å². The first kappa shape index (κ1) is 18.3. The van der Waals surface area contributed by atoms with E-state index in [1.807, 2.05) is 0 Å². The molecular formula is C17H16ClFN2O2S. The van der Waals surface area contributed by atoms with Crippen LogP contribution in [-0.4, -0.2) is 36.6 Å². The van der Waals surface area contributed by atoms with Gasteiger partial charge in [-0.3, -0.25) is 9.59 Å². The number of thioether (sulfide) groups is 1. The highest BCUT2D eigenvalue weighted by Crippen LogP contribution is 2.25. The fourth-order valence-electron chi connectivity index (χ4n) is 1.90. The lowest BCUT2D eigenvalue weighted by molar-refractivity contribution is -0.113. The van der Waals surface area contributed by atoms with Gasteiger partial charge in [-0.25, -0.2) is 4.39 Å². The van der Waals surface area contributed by atoms with E-state index < -0.39 is 0 Å². The van der Waals surface area contributed by atoms with E-state index in [2.05, 4.69) is 5.32 Å². The summed E-state index contributed by atoms with van der Waals surface area (Å²) in [5.41, 5.74) is 0.768. The summed E-state index contributed by atoms with van der Waals surface area (Å²) in [6, 6.07) is 10.9. The Morgan fingerprint density at radius 1 is 1.21 bits per heavy atom. The predicted molar refractivity (Wildman–Crippen MR) is 95.2 cm³/mol. The number of carbonyl (C=O) groups is 2. The van der Waals surface area contributed by atoms with Gasteiger partial charge in [0.15, 0.2) is 0 Å². The lowest BCUT2D eigenvalue weighted by Gasteiger charge is -2.13. The number of rotatable bonds is 5. The van der Waals surface area contributed by atoms with Gasteiger partial charge in [0.05, 0.1) is 16.5 Å². The van der Waals surface area contributed by atoms with Crippen LogP contribution in [0.25, 0.3) is 0 Å². The number of nitrogens with zero attached hydrogens (tertiary/aromatic N) is 1. The number of carbonyl (C=O) groups excluding carboxylic acids is 2. The minimum absolute atomic E-state index is 0.0309. The van der Waals surface area contributed by atoms with E-state index in [9.17, 15) is 14.0 Å². The molecule has 0 saturated heterocycles. The highest BCUT2D eigenvalue weighted by Gasteiger charge is 2.13. The summed E-state index contributed by atoms with van der Waals surface area (Å²) >= 11 is 7.15. The molecule has 126 valence electrons. The normalized spacial score (nSPS) is 10.3. The highest BCUT2D eigenvalue weighted by atomic mass is 35.5. The zero-order valence-electron chi connectivity index (χ0n) is 13.2. The predicted octanol–water partition coefficient (Wildman–Crippen LogP) is 3.91. The molecule has 0 aromatic heterocycles. The maximum atomic E-state index is 13.5. The minimum Gasteiger partial charge on any atom is -0.345 e.